The molecule has 0 unspecified atom stereocenters. The molecule has 0 radical (unpaired) electrons. The third-order valence-corrected chi connectivity index (χ3v) is 2.75. The number of rotatable bonds is 2. The SMILES string of the molecule is Cn1nc(-c2ccccc2)c(CO)c1Cl. The van der Waals surface area contributed by atoms with Crippen LogP contribution in [0.3, 0.4) is 0 Å². The fraction of sp³-hybridized carbons (Fsp3) is 0.182. The zero-order valence-corrected chi connectivity index (χ0v) is 9.07. The van der Waals surface area contributed by atoms with Crippen LogP contribution in [0.2, 0.25) is 5.15 Å². The maximum absolute atomic E-state index is 9.24. The summed E-state index contributed by atoms with van der Waals surface area (Å²) < 4.78 is 1.56. The van der Waals surface area contributed by atoms with Crippen LogP contribution >= 0.6 is 11.6 Å². The maximum atomic E-state index is 9.24. The predicted octanol–water partition coefficient (Wildman–Crippen LogP) is 2.23. The van der Waals surface area contributed by atoms with Gasteiger partial charge in [0.1, 0.15) is 5.15 Å². The largest absolute Gasteiger partial charge is 0.391 e. The number of halogens is 1. The first-order valence-corrected chi connectivity index (χ1v) is 4.99. The molecule has 2 aromatic rings. The van der Waals surface area contributed by atoms with Crippen LogP contribution in [0.1, 0.15) is 5.56 Å². The molecule has 0 saturated heterocycles. The molecule has 1 N–H and O–H groups in total. The summed E-state index contributed by atoms with van der Waals surface area (Å²) in [6.07, 6.45) is 0. The second kappa shape index (κ2) is 4.04. The van der Waals surface area contributed by atoms with Crippen molar-refractivity contribution in [3.05, 3.63) is 41.0 Å². The molecule has 1 aromatic heterocycles. The van der Waals surface area contributed by atoms with Crippen molar-refractivity contribution >= 4 is 11.6 Å². The maximum Gasteiger partial charge on any atom is 0.132 e. The number of aromatic nitrogens is 2. The molecule has 0 spiro atoms. The van der Waals surface area contributed by atoms with E-state index in [1.54, 1.807) is 11.7 Å². The molecule has 0 atom stereocenters. The molecule has 0 amide bonds. The summed E-state index contributed by atoms with van der Waals surface area (Å²) in [5, 5.41) is 14.0. The van der Waals surface area contributed by atoms with Crippen molar-refractivity contribution in [2.24, 2.45) is 7.05 Å². The van der Waals surface area contributed by atoms with Crippen LogP contribution in [0.4, 0.5) is 0 Å². The fourth-order valence-corrected chi connectivity index (χ4v) is 1.70. The molecule has 78 valence electrons. The van der Waals surface area contributed by atoms with Gasteiger partial charge in [-0.2, -0.15) is 5.10 Å². The minimum atomic E-state index is -0.100. The van der Waals surface area contributed by atoms with Gasteiger partial charge in [-0.1, -0.05) is 41.9 Å². The highest BCUT2D eigenvalue weighted by atomic mass is 35.5. The Morgan fingerprint density at radius 1 is 1.33 bits per heavy atom. The molecule has 0 fully saturated rings. The number of hydrogen-bond donors (Lipinski definition) is 1. The summed E-state index contributed by atoms with van der Waals surface area (Å²) in [6.45, 7) is -0.100. The molecule has 3 nitrogen and oxygen atoms in total. The number of aryl methyl sites for hydroxylation is 1. The quantitative estimate of drug-likeness (QED) is 0.846. The van der Waals surface area contributed by atoms with Gasteiger partial charge in [0.2, 0.25) is 0 Å². The Morgan fingerprint density at radius 2 is 2.00 bits per heavy atom. The smallest absolute Gasteiger partial charge is 0.132 e. The van der Waals surface area contributed by atoms with Crippen LogP contribution in [-0.4, -0.2) is 14.9 Å². The molecule has 4 heteroatoms. The Morgan fingerprint density at radius 3 is 2.60 bits per heavy atom. The van der Waals surface area contributed by atoms with Gasteiger partial charge in [0.15, 0.2) is 0 Å². The van der Waals surface area contributed by atoms with E-state index >= 15 is 0 Å². The Labute approximate surface area is 92.9 Å². The third kappa shape index (κ3) is 1.76. The first-order valence-electron chi connectivity index (χ1n) is 4.61. The highest BCUT2D eigenvalue weighted by Crippen LogP contribution is 2.27. The number of aliphatic hydroxyl groups excluding tert-OH is 1. The molecule has 2 rings (SSSR count). The molecule has 0 saturated carbocycles. The second-order valence-electron chi connectivity index (χ2n) is 3.27. The zero-order valence-electron chi connectivity index (χ0n) is 8.31. The van der Waals surface area contributed by atoms with Gasteiger partial charge in [-0.05, 0) is 0 Å². The normalized spacial score (nSPS) is 10.6. The third-order valence-electron chi connectivity index (χ3n) is 2.27. The molecule has 0 bridgehead atoms. The molecule has 1 aromatic carbocycles. The zero-order chi connectivity index (χ0) is 10.8. The van der Waals surface area contributed by atoms with E-state index in [-0.39, 0.29) is 6.61 Å². The lowest BCUT2D eigenvalue weighted by Gasteiger charge is -1.98. The monoisotopic (exact) mass is 222 g/mol. The first kappa shape index (κ1) is 10.2. The van der Waals surface area contributed by atoms with E-state index in [2.05, 4.69) is 5.10 Å². The van der Waals surface area contributed by atoms with E-state index in [1.807, 2.05) is 30.3 Å². The van der Waals surface area contributed by atoms with Crippen LogP contribution in [0, 0.1) is 0 Å². The summed E-state index contributed by atoms with van der Waals surface area (Å²) >= 11 is 6.00. The van der Waals surface area contributed by atoms with Crippen LogP contribution in [0.15, 0.2) is 30.3 Å². The number of nitrogens with zero attached hydrogens (tertiary/aromatic N) is 2. The Kier molecular flexibility index (Phi) is 2.75. The topological polar surface area (TPSA) is 38.0 Å². The lowest BCUT2D eigenvalue weighted by molar-refractivity contribution is 0.282. The van der Waals surface area contributed by atoms with Gasteiger partial charge in [-0.25, -0.2) is 0 Å². The lowest BCUT2D eigenvalue weighted by atomic mass is 10.1. The summed E-state index contributed by atoms with van der Waals surface area (Å²) in [6, 6.07) is 9.68. The van der Waals surface area contributed by atoms with Crippen molar-refractivity contribution in [3.8, 4) is 11.3 Å². The molecule has 0 aliphatic heterocycles. The van der Waals surface area contributed by atoms with Crippen molar-refractivity contribution in [2.75, 3.05) is 0 Å². The second-order valence-corrected chi connectivity index (χ2v) is 3.62. The van der Waals surface area contributed by atoms with E-state index in [1.165, 1.54) is 0 Å². The van der Waals surface area contributed by atoms with Crippen LogP contribution in [0.5, 0.6) is 0 Å². The van der Waals surface area contributed by atoms with E-state index in [0.29, 0.717) is 10.7 Å². The number of benzene rings is 1. The van der Waals surface area contributed by atoms with Crippen molar-refractivity contribution in [2.45, 2.75) is 6.61 Å². The van der Waals surface area contributed by atoms with Gasteiger partial charge in [-0.3, -0.25) is 4.68 Å². The van der Waals surface area contributed by atoms with Gasteiger partial charge in [0.05, 0.1) is 12.3 Å². The van der Waals surface area contributed by atoms with Crippen molar-refractivity contribution in [1.29, 1.82) is 0 Å². The summed E-state index contributed by atoms with van der Waals surface area (Å²) in [5.41, 5.74) is 2.38. The lowest BCUT2D eigenvalue weighted by Crippen LogP contribution is -1.89. The highest BCUT2D eigenvalue weighted by molar-refractivity contribution is 6.30. The van der Waals surface area contributed by atoms with E-state index < -0.39 is 0 Å². The van der Waals surface area contributed by atoms with Gasteiger partial charge < -0.3 is 5.11 Å². The van der Waals surface area contributed by atoms with E-state index in [9.17, 15) is 5.11 Å². The van der Waals surface area contributed by atoms with Gasteiger partial charge in [0, 0.05) is 18.2 Å². The minimum Gasteiger partial charge on any atom is -0.391 e. The summed E-state index contributed by atoms with van der Waals surface area (Å²) in [4.78, 5) is 0. The minimum absolute atomic E-state index is 0.100. The first-order chi connectivity index (χ1) is 7.24. The van der Waals surface area contributed by atoms with Crippen molar-refractivity contribution < 1.29 is 5.11 Å². The van der Waals surface area contributed by atoms with E-state index in [4.69, 9.17) is 11.6 Å². The fourth-order valence-electron chi connectivity index (χ4n) is 1.52. The Balaban J connectivity index is 2.58. The Bertz CT molecular complexity index is 465. The Hall–Kier alpha value is -1.32. The molecule has 0 aliphatic rings. The number of hydrogen-bond acceptors (Lipinski definition) is 2. The van der Waals surface area contributed by atoms with Crippen molar-refractivity contribution in [3.63, 3.8) is 0 Å². The molecule has 0 aliphatic carbocycles. The molecule has 1 heterocycles. The summed E-state index contributed by atoms with van der Waals surface area (Å²) in [5.74, 6) is 0. The number of aliphatic hydroxyl groups is 1. The van der Waals surface area contributed by atoms with Crippen LogP contribution < -0.4 is 0 Å². The predicted molar refractivity (Wildman–Crippen MR) is 59.6 cm³/mol. The standard InChI is InChI=1S/C11H11ClN2O/c1-14-11(12)9(7-15)10(13-14)8-5-3-2-4-6-8/h2-6,15H,7H2,1H3. The van der Waals surface area contributed by atoms with Gasteiger partial charge in [0.25, 0.3) is 0 Å². The van der Waals surface area contributed by atoms with E-state index in [0.717, 1.165) is 11.3 Å². The van der Waals surface area contributed by atoms with Gasteiger partial charge in [-0.15, -0.1) is 0 Å². The average Bonchev–Trinajstić information content (AvgIpc) is 2.56. The average molecular weight is 223 g/mol. The van der Waals surface area contributed by atoms with Crippen molar-refractivity contribution in [1.82, 2.24) is 9.78 Å². The van der Waals surface area contributed by atoms with Gasteiger partial charge >= 0.3 is 0 Å². The molecular formula is C11H11ClN2O. The van der Waals surface area contributed by atoms with Crippen LogP contribution in [-0.2, 0) is 13.7 Å². The molecule has 15 heavy (non-hydrogen) atoms. The highest BCUT2D eigenvalue weighted by Gasteiger charge is 2.14. The van der Waals surface area contributed by atoms with Crippen LogP contribution in [0.25, 0.3) is 11.3 Å². The summed E-state index contributed by atoms with van der Waals surface area (Å²) in [7, 11) is 1.76. The molecular weight excluding hydrogens is 212 g/mol.